The first kappa shape index (κ1) is 16.6. The van der Waals surface area contributed by atoms with Gasteiger partial charge in [-0.2, -0.15) is 4.37 Å². The highest BCUT2D eigenvalue weighted by Gasteiger charge is 2.31. The van der Waals surface area contributed by atoms with Crippen LogP contribution in [0.5, 0.6) is 0 Å². The van der Waals surface area contributed by atoms with Crippen LogP contribution in [0.4, 0.5) is 5.13 Å². The lowest BCUT2D eigenvalue weighted by Crippen LogP contribution is -2.51. The van der Waals surface area contributed by atoms with E-state index in [1.165, 1.54) is 11.5 Å². The zero-order valence-corrected chi connectivity index (χ0v) is 15.2. The molecule has 7 heteroatoms. The molecule has 0 aliphatic carbocycles. The van der Waals surface area contributed by atoms with Gasteiger partial charge in [0.05, 0.1) is 5.92 Å². The Labute approximate surface area is 142 Å². The van der Waals surface area contributed by atoms with Crippen molar-refractivity contribution in [3.63, 3.8) is 0 Å². The van der Waals surface area contributed by atoms with Gasteiger partial charge < -0.3 is 14.7 Å². The molecule has 3 rings (SSSR count). The second-order valence-electron chi connectivity index (χ2n) is 7.00. The largest absolute Gasteiger partial charge is 0.346 e. The van der Waals surface area contributed by atoms with Crippen LogP contribution in [0.15, 0.2) is 0 Å². The highest BCUT2D eigenvalue weighted by Crippen LogP contribution is 2.27. The first-order valence-electron chi connectivity index (χ1n) is 8.60. The van der Waals surface area contributed by atoms with Crippen LogP contribution in [-0.2, 0) is 4.79 Å². The quantitative estimate of drug-likeness (QED) is 0.839. The molecule has 1 unspecified atom stereocenters. The summed E-state index contributed by atoms with van der Waals surface area (Å²) in [6.45, 7) is 9.69. The fourth-order valence-electron chi connectivity index (χ4n) is 3.23. The lowest BCUT2D eigenvalue weighted by atomic mass is 9.96. The number of amides is 1. The summed E-state index contributed by atoms with van der Waals surface area (Å²) in [7, 11) is 2.12. The lowest BCUT2D eigenvalue weighted by molar-refractivity contribution is -0.137. The Morgan fingerprint density at radius 3 is 2.61 bits per heavy atom. The molecule has 23 heavy (non-hydrogen) atoms. The van der Waals surface area contributed by atoms with Gasteiger partial charge in [0, 0.05) is 56.7 Å². The Balaban J connectivity index is 1.62. The van der Waals surface area contributed by atoms with Crippen molar-refractivity contribution in [1.82, 2.24) is 19.2 Å². The summed E-state index contributed by atoms with van der Waals surface area (Å²) in [5.41, 5.74) is 0. The van der Waals surface area contributed by atoms with E-state index in [0.29, 0.717) is 11.8 Å². The second-order valence-corrected chi connectivity index (χ2v) is 7.73. The van der Waals surface area contributed by atoms with E-state index < -0.39 is 0 Å². The molecule has 2 aliphatic heterocycles. The van der Waals surface area contributed by atoms with Crippen molar-refractivity contribution in [2.24, 2.45) is 5.92 Å². The van der Waals surface area contributed by atoms with Crippen LogP contribution in [0, 0.1) is 5.92 Å². The molecule has 1 aromatic rings. The number of nitrogens with zero attached hydrogens (tertiary/aromatic N) is 5. The number of rotatable bonds is 3. The van der Waals surface area contributed by atoms with E-state index in [2.05, 4.69) is 40.1 Å². The van der Waals surface area contributed by atoms with E-state index in [1.807, 2.05) is 4.90 Å². The van der Waals surface area contributed by atoms with Crippen LogP contribution in [0.1, 0.15) is 38.4 Å². The predicted octanol–water partition coefficient (Wildman–Crippen LogP) is 1.65. The number of carbonyl (C=O) groups excluding carboxylic acids is 1. The van der Waals surface area contributed by atoms with E-state index >= 15 is 0 Å². The molecular weight excluding hydrogens is 310 g/mol. The minimum atomic E-state index is 0.110. The van der Waals surface area contributed by atoms with Gasteiger partial charge in [0.15, 0.2) is 0 Å². The fraction of sp³-hybridized carbons (Fsp3) is 0.812. The minimum absolute atomic E-state index is 0.110. The molecule has 128 valence electrons. The molecule has 3 heterocycles. The van der Waals surface area contributed by atoms with Gasteiger partial charge in [-0.3, -0.25) is 4.79 Å². The highest BCUT2D eigenvalue weighted by atomic mass is 32.1. The standard InChI is InChI=1S/C16H27N5OS/c1-12(2)14-17-16(23-18-14)21-6-4-5-13(11-21)15(22)20-9-7-19(3)8-10-20/h12-13H,4-11H2,1-3H3. The molecule has 0 aromatic carbocycles. The maximum absolute atomic E-state index is 12.8. The molecule has 1 aromatic heterocycles. The molecular formula is C16H27N5OS. The molecule has 2 fully saturated rings. The lowest BCUT2D eigenvalue weighted by Gasteiger charge is -2.38. The van der Waals surface area contributed by atoms with Gasteiger partial charge in [-0.05, 0) is 19.9 Å². The summed E-state index contributed by atoms with van der Waals surface area (Å²) in [6, 6.07) is 0. The number of piperidine rings is 1. The zero-order chi connectivity index (χ0) is 16.4. The molecule has 0 N–H and O–H groups in total. The van der Waals surface area contributed by atoms with Crippen molar-refractivity contribution in [1.29, 1.82) is 0 Å². The summed E-state index contributed by atoms with van der Waals surface area (Å²) in [5, 5.41) is 0.976. The van der Waals surface area contributed by atoms with Crippen molar-refractivity contribution in [3.8, 4) is 0 Å². The summed E-state index contributed by atoms with van der Waals surface area (Å²) >= 11 is 1.47. The zero-order valence-electron chi connectivity index (χ0n) is 14.4. The van der Waals surface area contributed by atoms with E-state index in [9.17, 15) is 4.79 Å². The van der Waals surface area contributed by atoms with Crippen LogP contribution < -0.4 is 4.90 Å². The van der Waals surface area contributed by atoms with Crippen LogP contribution in [0.25, 0.3) is 0 Å². The average molecular weight is 337 g/mol. The molecule has 0 bridgehead atoms. The van der Waals surface area contributed by atoms with Gasteiger partial charge in [0.25, 0.3) is 0 Å². The monoisotopic (exact) mass is 337 g/mol. The minimum Gasteiger partial charge on any atom is -0.346 e. The van der Waals surface area contributed by atoms with Crippen molar-refractivity contribution in [2.75, 3.05) is 51.2 Å². The molecule has 1 atom stereocenters. The van der Waals surface area contributed by atoms with E-state index in [4.69, 9.17) is 0 Å². The van der Waals surface area contributed by atoms with Crippen molar-refractivity contribution in [2.45, 2.75) is 32.6 Å². The molecule has 2 aliphatic rings. The van der Waals surface area contributed by atoms with Crippen molar-refractivity contribution in [3.05, 3.63) is 5.82 Å². The van der Waals surface area contributed by atoms with Crippen molar-refractivity contribution < 1.29 is 4.79 Å². The van der Waals surface area contributed by atoms with Gasteiger partial charge in [-0.15, -0.1) is 0 Å². The Morgan fingerprint density at radius 2 is 1.96 bits per heavy atom. The molecule has 1 amide bonds. The van der Waals surface area contributed by atoms with Crippen LogP contribution in [0.2, 0.25) is 0 Å². The van der Waals surface area contributed by atoms with Crippen LogP contribution in [0.3, 0.4) is 0 Å². The number of piperazine rings is 1. The number of carbonyl (C=O) groups is 1. The normalized spacial score (nSPS) is 23.6. The number of likely N-dealkylation sites (N-methyl/N-ethyl adjacent to an activating group) is 1. The van der Waals surface area contributed by atoms with Gasteiger partial charge in [-0.25, -0.2) is 4.98 Å². The SMILES string of the molecule is CC(C)c1nsc(N2CCCC(C(=O)N3CCN(C)CC3)C2)n1. The molecule has 0 spiro atoms. The third-order valence-electron chi connectivity index (χ3n) is 4.80. The Morgan fingerprint density at radius 1 is 1.22 bits per heavy atom. The van der Waals surface area contributed by atoms with Crippen LogP contribution in [-0.4, -0.2) is 71.4 Å². The number of anilines is 1. The Bertz CT molecular complexity index is 538. The summed E-state index contributed by atoms with van der Waals surface area (Å²) < 4.78 is 4.45. The topological polar surface area (TPSA) is 52.6 Å². The third-order valence-corrected chi connectivity index (χ3v) is 5.59. The highest BCUT2D eigenvalue weighted by molar-refractivity contribution is 7.09. The maximum Gasteiger partial charge on any atom is 0.227 e. The van der Waals surface area contributed by atoms with E-state index in [0.717, 1.165) is 63.1 Å². The number of hydrogen-bond donors (Lipinski definition) is 0. The van der Waals surface area contributed by atoms with E-state index in [-0.39, 0.29) is 5.92 Å². The summed E-state index contributed by atoms with van der Waals surface area (Å²) in [6.07, 6.45) is 2.05. The third kappa shape index (κ3) is 3.83. The van der Waals surface area contributed by atoms with Gasteiger partial charge in [0.1, 0.15) is 5.82 Å². The summed E-state index contributed by atoms with van der Waals surface area (Å²) in [5.74, 6) is 1.71. The molecule has 0 saturated carbocycles. The molecule has 0 radical (unpaired) electrons. The number of hydrogen-bond acceptors (Lipinski definition) is 6. The first-order chi connectivity index (χ1) is 11.0. The Kier molecular flexibility index (Phi) is 5.16. The average Bonchev–Trinajstić information content (AvgIpc) is 3.05. The Hall–Kier alpha value is -1.21. The molecule has 6 nitrogen and oxygen atoms in total. The predicted molar refractivity (Wildman–Crippen MR) is 93.0 cm³/mol. The maximum atomic E-state index is 12.8. The summed E-state index contributed by atoms with van der Waals surface area (Å²) in [4.78, 5) is 24.0. The first-order valence-corrected chi connectivity index (χ1v) is 9.38. The van der Waals surface area contributed by atoms with Gasteiger partial charge >= 0.3 is 0 Å². The van der Waals surface area contributed by atoms with Gasteiger partial charge in [-0.1, -0.05) is 13.8 Å². The second kappa shape index (κ2) is 7.13. The number of aromatic nitrogens is 2. The van der Waals surface area contributed by atoms with E-state index in [1.54, 1.807) is 0 Å². The van der Waals surface area contributed by atoms with Crippen molar-refractivity contribution >= 4 is 22.6 Å². The van der Waals surface area contributed by atoms with Crippen LogP contribution >= 0.6 is 11.5 Å². The molecule has 2 saturated heterocycles. The smallest absolute Gasteiger partial charge is 0.227 e. The fourth-order valence-corrected chi connectivity index (χ4v) is 4.07. The van der Waals surface area contributed by atoms with Gasteiger partial charge in [0.2, 0.25) is 11.0 Å².